The van der Waals surface area contributed by atoms with Gasteiger partial charge in [0, 0.05) is 33.3 Å². The Hall–Kier alpha value is -2.38. The Morgan fingerprint density at radius 3 is 2.68 bits per heavy atom. The molecular formula is C11H17N7O. The van der Waals surface area contributed by atoms with Crippen molar-refractivity contribution in [3.05, 3.63) is 18.0 Å². The molecule has 8 nitrogen and oxygen atoms in total. The number of hydrogen-bond acceptors (Lipinski definition) is 7. The van der Waals surface area contributed by atoms with Gasteiger partial charge in [-0.15, -0.1) is 0 Å². The van der Waals surface area contributed by atoms with Gasteiger partial charge in [-0.3, -0.25) is 4.68 Å². The molecule has 0 aliphatic carbocycles. The summed E-state index contributed by atoms with van der Waals surface area (Å²) in [5.74, 6) is 0.944. The summed E-state index contributed by atoms with van der Waals surface area (Å²) in [5.41, 5.74) is 1.02. The summed E-state index contributed by atoms with van der Waals surface area (Å²) in [5, 5.41) is 10.3. The summed E-state index contributed by atoms with van der Waals surface area (Å²) < 4.78 is 6.79. The van der Waals surface area contributed by atoms with E-state index >= 15 is 0 Å². The lowest BCUT2D eigenvalue weighted by atomic mass is 10.3. The zero-order valence-electron chi connectivity index (χ0n) is 11.2. The number of aromatic nitrogens is 5. The summed E-state index contributed by atoms with van der Waals surface area (Å²) in [6, 6.07) is 2.26. The highest BCUT2D eigenvalue weighted by Gasteiger charge is 2.05. The molecule has 19 heavy (non-hydrogen) atoms. The van der Waals surface area contributed by atoms with Crippen molar-refractivity contribution in [3.8, 4) is 6.01 Å². The first kappa shape index (κ1) is 13.1. The second-order valence-electron chi connectivity index (χ2n) is 3.88. The molecule has 0 radical (unpaired) electrons. The first-order chi connectivity index (χ1) is 9.21. The Morgan fingerprint density at radius 1 is 1.26 bits per heavy atom. The Labute approximate surface area is 111 Å². The molecule has 2 heterocycles. The third-order valence-electron chi connectivity index (χ3n) is 2.45. The molecule has 2 aromatic heterocycles. The predicted octanol–water partition coefficient (Wildman–Crippen LogP) is 0.310. The van der Waals surface area contributed by atoms with Gasteiger partial charge < -0.3 is 15.4 Å². The van der Waals surface area contributed by atoms with Gasteiger partial charge >= 0.3 is 6.01 Å². The second kappa shape index (κ2) is 5.98. The molecule has 0 spiro atoms. The zero-order chi connectivity index (χ0) is 13.7. The van der Waals surface area contributed by atoms with Gasteiger partial charge in [0.15, 0.2) is 0 Å². The summed E-state index contributed by atoms with van der Waals surface area (Å²) in [6.07, 6.45) is 2.71. The van der Waals surface area contributed by atoms with E-state index in [4.69, 9.17) is 4.74 Å². The van der Waals surface area contributed by atoms with E-state index in [2.05, 4.69) is 30.7 Å². The fourth-order valence-electron chi connectivity index (χ4n) is 1.54. The van der Waals surface area contributed by atoms with Gasteiger partial charge in [0.1, 0.15) is 0 Å². The molecule has 0 aliphatic heterocycles. The minimum absolute atomic E-state index is 0.277. The van der Waals surface area contributed by atoms with Gasteiger partial charge in [-0.1, -0.05) is 0 Å². The lowest BCUT2D eigenvalue weighted by Crippen LogP contribution is -2.11. The summed E-state index contributed by atoms with van der Waals surface area (Å²) in [4.78, 5) is 12.3. The van der Waals surface area contributed by atoms with Crippen LogP contribution >= 0.6 is 0 Å². The molecule has 0 aliphatic rings. The number of aryl methyl sites for hydroxylation is 1. The van der Waals surface area contributed by atoms with Crippen molar-refractivity contribution < 1.29 is 4.74 Å². The van der Waals surface area contributed by atoms with E-state index in [1.54, 1.807) is 11.7 Å². The first-order valence-electron chi connectivity index (χ1n) is 5.91. The summed E-state index contributed by atoms with van der Waals surface area (Å²) in [7, 11) is 5.16. The van der Waals surface area contributed by atoms with Crippen LogP contribution in [0.4, 0.5) is 11.9 Å². The Morgan fingerprint density at radius 2 is 2.05 bits per heavy atom. The van der Waals surface area contributed by atoms with Crippen LogP contribution in [-0.4, -0.2) is 45.4 Å². The van der Waals surface area contributed by atoms with E-state index in [0.717, 1.165) is 12.1 Å². The van der Waals surface area contributed by atoms with Crippen molar-refractivity contribution in [3.63, 3.8) is 0 Å². The highest BCUT2D eigenvalue weighted by molar-refractivity contribution is 5.35. The van der Waals surface area contributed by atoms with Crippen molar-refractivity contribution in [2.24, 2.45) is 7.05 Å². The van der Waals surface area contributed by atoms with Crippen LogP contribution in [0, 0.1) is 0 Å². The normalized spacial score (nSPS) is 10.3. The number of hydrogen-bond donors (Lipinski definition) is 2. The Kier molecular flexibility index (Phi) is 4.11. The maximum absolute atomic E-state index is 5.01. The molecule has 0 saturated carbocycles. The van der Waals surface area contributed by atoms with Crippen molar-refractivity contribution in [1.29, 1.82) is 0 Å². The van der Waals surface area contributed by atoms with Gasteiger partial charge in [-0.25, -0.2) is 0 Å². The molecule has 0 saturated heterocycles. The van der Waals surface area contributed by atoms with Gasteiger partial charge in [-0.2, -0.15) is 20.1 Å². The van der Waals surface area contributed by atoms with Crippen LogP contribution in [0.15, 0.2) is 12.3 Å². The predicted molar refractivity (Wildman–Crippen MR) is 71.3 cm³/mol. The molecule has 2 N–H and O–H groups in total. The van der Waals surface area contributed by atoms with Crippen LogP contribution in [0.2, 0.25) is 0 Å². The molecule has 102 valence electrons. The smallest absolute Gasteiger partial charge is 0.322 e. The number of methoxy groups -OCH3 is 1. The molecule has 0 bridgehead atoms. The minimum Gasteiger partial charge on any atom is -0.467 e. The van der Waals surface area contributed by atoms with E-state index < -0.39 is 0 Å². The number of ether oxygens (including phenoxy) is 1. The number of nitrogens with zero attached hydrogens (tertiary/aromatic N) is 5. The third kappa shape index (κ3) is 3.54. The molecule has 0 amide bonds. The lowest BCUT2D eigenvalue weighted by Gasteiger charge is -2.07. The second-order valence-corrected chi connectivity index (χ2v) is 3.88. The van der Waals surface area contributed by atoms with Crippen LogP contribution in [0.25, 0.3) is 0 Å². The summed E-state index contributed by atoms with van der Waals surface area (Å²) >= 11 is 0. The fraction of sp³-hybridized carbons (Fsp3) is 0.455. The minimum atomic E-state index is 0.277. The Balaban J connectivity index is 1.95. The van der Waals surface area contributed by atoms with Gasteiger partial charge in [-0.05, 0) is 6.07 Å². The van der Waals surface area contributed by atoms with E-state index in [-0.39, 0.29) is 6.01 Å². The Bertz CT molecular complexity index is 517. The molecule has 0 unspecified atom stereocenters. The van der Waals surface area contributed by atoms with Gasteiger partial charge in [0.2, 0.25) is 11.9 Å². The van der Waals surface area contributed by atoms with Crippen molar-refractivity contribution in [2.75, 3.05) is 31.3 Å². The topological polar surface area (TPSA) is 89.8 Å². The molecule has 0 fully saturated rings. The number of rotatable bonds is 6. The van der Waals surface area contributed by atoms with Crippen LogP contribution in [0.3, 0.4) is 0 Å². The lowest BCUT2D eigenvalue weighted by molar-refractivity contribution is 0.379. The highest BCUT2D eigenvalue weighted by atomic mass is 16.5. The molecule has 0 aromatic carbocycles. The molecule has 8 heteroatoms. The van der Waals surface area contributed by atoms with E-state index in [9.17, 15) is 0 Å². The molecule has 2 aromatic rings. The number of anilines is 2. The average molecular weight is 263 g/mol. The monoisotopic (exact) mass is 263 g/mol. The van der Waals surface area contributed by atoms with Crippen LogP contribution in [0.5, 0.6) is 6.01 Å². The maximum atomic E-state index is 5.01. The first-order valence-corrected chi connectivity index (χ1v) is 5.91. The van der Waals surface area contributed by atoms with Crippen LogP contribution in [-0.2, 0) is 13.5 Å². The molecule has 2 rings (SSSR count). The van der Waals surface area contributed by atoms with E-state index in [1.807, 2.05) is 19.3 Å². The zero-order valence-corrected chi connectivity index (χ0v) is 11.2. The van der Waals surface area contributed by atoms with Crippen LogP contribution in [0.1, 0.15) is 5.69 Å². The largest absolute Gasteiger partial charge is 0.467 e. The van der Waals surface area contributed by atoms with E-state index in [1.165, 1.54) is 7.11 Å². The summed E-state index contributed by atoms with van der Waals surface area (Å²) in [6.45, 7) is 0.688. The maximum Gasteiger partial charge on any atom is 0.322 e. The average Bonchev–Trinajstić information content (AvgIpc) is 2.84. The van der Waals surface area contributed by atoms with Crippen molar-refractivity contribution >= 4 is 11.9 Å². The molecule has 0 atom stereocenters. The standard InChI is InChI=1S/C11H17N7O/c1-12-9-14-10(16-11(15-9)19-3)13-6-4-8-5-7-18(2)17-8/h5,7H,4,6H2,1-3H3,(H2,12,13,14,15,16). The molecular weight excluding hydrogens is 246 g/mol. The fourth-order valence-corrected chi connectivity index (χ4v) is 1.54. The van der Waals surface area contributed by atoms with Crippen LogP contribution < -0.4 is 15.4 Å². The SMILES string of the molecule is CNc1nc(NCCc2ccn(C)n2)nc(OC)n1. The van der Waals surface area contributed by atoms with Gasteiger partial charge in [0.25, 0.3) is 0 Å². The van der Waals surface area contributed by atoms with E-state index in [0.29, 0.717) is 18.4 Å². The van der Waals surface area contributed by atoms with Crippen molar-refractivity contribution in [2.45, 2.75) is 6.42 Å². The van der Waals surface area contributed by atoms with Gasteiger partial charge in [0.05, 0.1) is 12.8 Å². The number of nitrogens with one attached hydrogen (secondary N) is 2. The third-order valence-corrected chi connectivity index (χ3v) is 2.45. The highest BCUT2D eigenvalue weighted by Crippen LogP contribution is 2.10. The van der Waals surface area contributed by atoms with Crippen molar-refractivity contribution in [1.82, 2.24) is 24.7 Å². The quantitative estimate of drug-likeness (QED) is 0.775.